The van der Waals surface area contributed by atoms with Gasteiger partial charge < -0.3 is 4.74 Å². The normalized spacial score (nSPS) is 14.3. The van der Waals surface area contributed by atoms with Crippen molar-refractivity contribution in [3.63, 3.8) is 0 Å². The summed E-state index contributed by atoms with van der Waals surface area (Å²) in [5.74, 6) is 0. The molecule has 1 nitrogen and oxygen atoms in total. The van der Waals surface area contributed by atoms with Crippen LogP contribution in [-0.4, -0.2) is 11.4 Å². The third-order valence-corrected chi connectivity index (χ3v) is 4.56. The average Bonchev–Trinajstić information content (AvgIpc) is 2.42. The van der Waals surface area contributed by atoms with Crippen molar-refractivity contribution in [3.8, 4) is 0 Å². The maximum atomic E-state index is 6.17. The number of unbranched alkanes of at least 4 members (excludes halogenated alkanes) is 3. The fraction of sp³-hybridized carbons (Fsp3) is 0.625. The van der Waals surface area contributed by atoms with E-state index in [1.54, 1.807) is 0 Å². The van der Waals surface area contributed by atoms with Gasteiger partial charge in [-0.1, -0.05) is 82.7 Å². The van der Waals surface area contributed by atoms with Crippen molar-refractivity contribution in [2.45, 2.75) is 58.2 Å². The highest BCUT2D eigenvalue weighted by Crippen LogP contribution is 2.29. The minimum absolute atomic E-state index is 0.122. The zero-order chi connectivity index (χ0) is 14.1. The van der Waals surface area contributed by atoms with Crippen LogP contribution < -0.4 is 0 Å². The Hall–Kier alpha value is 0.140. The van der Waals surface area contributed by atoms with Crippen molar-refractivity contribution < 1.29 is 4.74 Å². The molecule has 108 valence electrons. The second kappa shape index (κ2) is 9.95. The van der Waals surface area contributed by atoms with E-state index in [2.05, 4.69) is 63.9 Å². The van der Waals surface area contributed by atoms with Gasteiger partial charge in [0.2, 0.25) is 0 Å². The first-order valence-corrected chi connectivity index (χ1v) is 9.06. The van der Waals surface area contributed by atoms with Crippen molar-refractivity contribution in [3.05, 3.63) is 34.3 Å². The van der Waals surface area contributed by atoms with Crippen LogP contribution in [0.5, 0.6) is 0 Å². The lowest BCUT2D eigenvalue weighted by molar-refractivity contribution is 0.00457. The highest BCUT2D eigenvalue weighted by atomic mass is 79.9. The van der Waals surface area contributed by atoms with Crippen molar-refractivity contribution in [2.75, 3.05) is 5.33 Å². The van der Waals surface area contributed by atoms with Gasteiger partial charge in [-0.2, -0.15) is 0 Å². The van der Waals surface area contributed by atoms with E-state index >= 15 is 0 Å². The molecular weight excluding hydrogens is 368 g/mol. The van der Waals surface area contributed by atoms with Gasteiger partial charge in [0.15, 0.2) is 0 Å². The molecule has 0 N–H and O–H groups in total. The Morgan fingerprint density at radius 1 is 1.16 bits per heavy atom. The molecule has 1 aromatic rings. The van der Waals surface area contributed by atoms with Crippen LogP contribution in [0.4, 0.5) is 0 Å². The third kappa shape index (κ3) is 6.42. The second-order valence-corrected chi connectivity index (χ2v) is 6.46. The molecule has 3 heteroatoms. The molecule has 19 heavy (non-hydrogen) atoms. The van der Waals surface area contributed by atoms with Crippen LogP contribution >= 0.6 is 31.9 Å². The number of hydrogen-bond acceptors (Lipinski definition) is 1. The molecule has 2 atom stereocenters. The summed E-state index contributed by atoms with van der Waals surface area (Å²) in [5.41, 5.74) is 1.22. The van der Waals surface area contributed by atoms with Gasteiger partial charge in [0.25, 0.3) is 0 Å². The smallest absolute Gasteiger partial charge is 0.0936 e. The van der Waals surface area contributed by atoms with Gasteiger partial charge in [-0.05, 0) is 25.0 Å². The molecule has 2 unspecified atom stereocenters. The fourth-order valence-corrected chi connectivity index (χ4v) is 3.18. The van der Waals surface area contributed by atoms with Gasteiger partial charge in [0.05, 0.1) is 12.2 Å². The minimum atomic E-state index is 0.122. The van der Waals surface area contributed by atoms with Gasteiger partial charge in [-0.15, -0.1) is 0 Å². The van der Waals surface area contributed by atoms with Crippen molar-refractivity contribution >= 4 is 31.9 Å². The Bertz CT molecular complexity index is 354. The first-order valence-electron chi connectivity index (χ1n) is 7.14. The summed E-state index contributed by atoms with van der Waals surface area (Å²) in [7, 11) is 0. The van der Waals surface area contributed by atoms with Gasteiger partial charge in [0.1, 0.15) is 0 Å². The molecule has 0 aliphatic heterocycles. The molecule has 0 spiro atoms. The molecule has 1 aromatic carbocycles. The molecule has 0 bridgehead atoms. The highest BCUT2D eigenvalue weighted by molar-refractivity contribution is 9.10. The lowest BCUT2D eigenvalue weighted by atomic mass is 10.1. The highest BCUT2D eigenvalue weighted by Gasteiger charge is 2.16. The van der Waals surface area contributed by atoms with E-state index in [-0.39, 0.29) is 6.10 Å². The quantitative estimate of drug-likeness (QED) is 0.356. The van der Waals surface area contributed by atoms with E-state index < -0.39 is 0 Å². The lowest BCUT2D eigenvalue weighted by Crippen LogP contribution is -2.15. The summed E-state index contributed by atoms with van der Waals surface area (Å²) < 4.78 is 7.29. The zero-order valence-corrected chi connectivity index (χ0v) is 15.0. The summed E-state index contributed by atoms with van der Waals surface area (Å²) in [6.07, 6.45) is 6.78. The molecule has 0 radical (unpaired) electrons. The minimum Gasteiger partial charge on any atom is -0.370 e. The first kappa shape index (κ1) is 17.2. The topological polar surface area (TPSA) is 9.23 Å². The van der Waals surface area contributed by atoms with Gasteiger partial charge >= 0.3 is 0 Å². The fourth-order valence-electron chi connectivity index (χ4n) is 2.14. The molecule has 0 saturated carbocycles. The standard InChI is InChI=1S/C16H24Br2O/c1-3-4-5-6-9-13(2)19-16(12-17)14-10-7-8-11-15(14)18/h7-8,10-11,13,16H,3-6,9,12H2,1-2H3. The van der Waals surface area contributed by atoms with Crippen molar-refractivity contribution in [1.29, 1.82) is 0 Å². The van der Waals surface area contributed by atoms with Crippen LogP contribution in [-0.2, 0) is 4.74 Å². The van der Waals surface area contributed by atoms with Crippen LogP contribution in [0.25, 0.3) is 0 Å². The molecule has 0 aliphatic carbocycles. The summed E-state index contributed by atoms with van der Waals surface area (Å²) in [4.78, 5) is 0. The van der Waals surface area contributed by atoms with Gasteiger partial charge in [0, 0.05) is 9.80 Å². The van der Waals surface area contributed by atoms with E-state index in [1.807, 2.05) is 6.07 Å². The predicted octanol–water partition coefficient (Wildman–Crippen LogP) is 6.26. The van der Waals surface area contributed by atoms with Crippen LogP contribution in [0.2, 0.25) is 0 Å². The summed E-state index contributed by atoms with van der Waals surface area (Å²) in [6.45, 7) is 4.42. The Balaban J connectivity index is 2.46. The van der Waals surface area contributed by atoms with E-state index in [4.69, 9.17) is 4.74 Å². The second-order valence-electron chi connectivity index (χ2n) is 4.96. The maximum Gasteiger partial charge on any atom is 0.0936 e. The lowest BCUT2D eigenvalue weighted by Gasteiger charge is -2.22. The number of rotatable bonds is 9. The van der Waals surface area contributed by atoms with Crippen LogP contribution in [0, 0.1) is 0 Å². The van der Waals surface area contributed by atoms with Crippen molar-refractivity contribution in [2.24, 2.45) is 0 Å². The monoisotopic (exact) mass is 390 g/mol. The Morgan fingerprint density at radius 3 is 2.53 bits per heavy atom. The van der Waals surface area contributed by atoms with Crippen LogP contribution in [0.3, 0.4) is 0 Å². The largest absolute Gasteiger partial charge is 0.370 e. The van der Waals surface area contributed by atoms with E-state index in [1.165, 1.54) is 31.2 Å². The van der Waals surface area contributed by atoms with Gasteiger partial charge in [-0.3, -0.25) is 0 Å². The van der Waals surface area contributed by atoms with Crippen LogP contribution in [0.1, 0.15) is 57.6 Å². The number of benzene rings is 1. The number of ether oxygens (including phenoxy) is 1. The average molecular weight is 392 g/mol. The number of alkyl halides is 1. The Labute approximate surface area is 134 Å². The molecule has 0 fully saturated rings. The maximum absolute atomic E-state index is 6.17. The van der Waals surface area contributed by atoms with Crippen molar-refractivity contribution in [1.82, 2.24) is 0 Å². The SMILES string of the molecule is CCCCCCC(C)OC(CBr)c1ccccc1Br. The number of hydrogen-bond donors (Lipinski definition) is 0. The molecule has 0 aliphatic rings. The van der Waals surface area contributed by atoms with E-state index in [0.29, 0.717) is 6.10 Å². The summed E-state index contributed by atoms with van der Waals surface area (Å²) >= 11 is 7.16. The molecule has 0 aromatic heterocycles. The molecular formula is C16H24Br2O. The summed E-state index contributed by atoms with van der Waals surface area (Å²) in [5, 5.41) is 0.828. The zero-order valence-electron chi connectivity index (χ0n) is 11.9. The van der Waals surface area contributed by atoms with Crippen LogP contribution in [0.15, 0.2) is 28.7 Å². The molecule has 0 heterocycles. The Kier molecular flexibility index (Phi) is 9.01. The summed E-state index contributed by atoms with van der Waals surface area (Å²) in [6, 6.07) is 8.29. The molecule has 0 saturated heterocycles. The number of halogens is 2. The molecule has 0 amide bonds. The van der Waals surface area contributed by atoms with Gasteiger partial charge in [-0.25, -0.2) is 0 Å². The Morgan fingerprint density at radius 2 is 1.89 bits per heavy atom. The van der Waals surface area contributed by atoms with E-state index in [0.717, 1.165) is 16.2 Å². The predicted molar refractivity (Wildman–Crippen MR) is 90.0 cm³/mol. The third-order valence-electron chi connectivity index (χ3n) is 3.25. The molecule has 1 rings (SSSR count). The van der Waals surface area contributed by atoms with E-state index in [9.17, 15) is 0 Å². The first-order chi connectivity index (χ1) is 9.19.